The fraction of sp³-hybridized carbons (Fsp3) is 0.364. The molecule has 1 aromatic carbocycles. The van der Waals surface area contributed by atoms with E-state index in [4.69, 9.17) is 10.5 Å². The molecule has 2 rings (SSSR count). The monoisotopic (exact) mass is 191 g/mol. The summed E-state index contributed by atoms with van der Waals surface area (Å²) in [5, 5.41) is 0. The van der Waals surface area contributed by atoms with E-state index in [1.54, 1.807) is 0 Å². The molecule has 0 bridgehead atoms. The smallest absolute Gasteiger partial charge is 0.176 e. The molecule has 0 spiro atoms. The maximum absolute atomic E-state index is 11.5. The molecule has 14 heavy (non-hydrogen) atoms. The van der Waals surface area contributed by atoms with Gasteiger partial charge in [-0.05, 0) is 13.0 Å². The van der Waals surface area contributed by atoms with Crippen LogP contribution in [0.1, 0.15) is 22.8 Å². The SMILES string of the molecule is CC1Cc2c(cccc2C(=O)CN)O1. The van der Waals surface area contributed by atoms with Crippen molar-refractivity contribution in [2.24, 2.45) is 5.73 Å². The molecule has 1 heterocycles. The van der Waals surface area contributed by atoms with E-state index in [1.165, 1.54) is 0 Å². The fourth-order valence-electron chi connectivity index (χ4n) is 1.80. The number of hydrogen-bond acceptors (Lipinski definition) is 3. The number of carbonyl (C=O) groups is 1. The van der Waals surface area contributed by atoms with Gasteiger partial charge in [-0.15, -0.1) is 0 Å². The van der Waals surface area contributed by atoms with Crippen molar-refractivity contribution in [2.75, 3.05) is 6.54 Å². The normalized spacial score (nSPS) is 18.9. The van der Waals surface area contributed by atoms with Gasteiger partial charge in [0.2, 0.25) is 0 Å². The maximum Gasteiger partial charge on any atom is 0.176 e. The first-order valence-corrected chi connectivity index (χ1v) is 4.74. The van der Waals surface area contributed by atoms with Crippen LogP contribution in [-0.2, 0) is 6.42 Å². The van der Waals surface area contributed by atoms with Crippen molar-refractivity contribution in [3.8, 4) is 5.75 Å². The Hall–Kier alpha value is -1.35. The van der Waals surface area contributed by atoms with Gasteiger partial charge in [0.1, 0.15) is 11.9 Å². The largest absolute Gasteiger partial charge is 0.490 e. The summed E-state index contributed by atoms with van der Waals surface area (Å²) in [6.45, 7) is 2.06. The Morgan fingerprint density at radius 2 is 2.43 bits per heavy atom. The highest BCUT2D eigenvalue weighted by atomic mass is 16.5. The van der Waals surface area contributed by atoms with E-state index in [9.17, 15) is 4.79 Å². The molecule has 0 aromatic heterocycles. The van der Waals surface area contributed by atoms with E-state index in [0.717, 1.165) is 17.7 Å². The standard InChI is InChI=1S/C11H13NO2/c1-7-5-9-8(10(13)6-12)3-2-4-11(9)14-7/h2-4,7H,5-6,12H2,1H3. The Bertz CT molecular complexity index is 374. The van der Waals surface area contributed by atoms with Crippen molar-refractivity contribution in [3.63, 3.8) is 0 Å². The summed E-state index contributed by atoms with van der Waals surface area (Å²) in [6, 6.07) is 5.54. The summed E-state index contributed by atoms with van der Waals surface area (Å²) in [6.07, 6.45) is 0.966. The molecule has 0 saturated heterocycles. The number of ether oxygens (including phenoxy) is 1. The van der Waals surface area contributed by atoms with Gasteiger partial charge < -0.3 is 10.5 Å². The maximum atomic E-state index is 11.5. The molecule has 1 aliphatic rings. The number of rotatable bonds is 2. The molecule has 3 nitrogen and oxygen atoms in total. The molecule has 1 atom stereocenters. The molecule has 0 aliphatic carbocycles. The minimum Gasteiger partial charge on any atom is -0.490 e. The van der Waals surface area contributed by atoms with Crippen molar-refractivity contribution in [3.05, 3.63) is 29.3 Å². The first-order valence-electron chi connectivity index (χ1n) is 4.74. The summed E-state index contributed by atoms with van der Waals surface area (Å²) in [5.41, 5.74) is 7.07. The van der Waals surface area contributed by atoms with Gasteiger partial charge in [0, 0.05) is 17.5 Å². The van der Waals surface area contributed by atoms with Crippen LogP contribution in [0.15, 0.2) is 18.2 Å². The van der Waals surface area contributed by atoms with Crippen LogP contribution < -0.4 is 10.5 Å². The molecule has 1 aromatic rings. The highest BCUT2D eigenvalue weighted by molar-refractivity contribution is 5.99. The average Bonchev–Trinajstić information content (AvgIpc) is 2.56. The van der Waals surface area contributed by atoms with E-state index in [0.29, 0.717) is 5.56 Å². The molecular weight excluding hydrogens is 178 g/mol. The van der Waals surface area contributed by atoms with E-state index in [1.807, 2.05) is 25.1 Å². The van der Waals surface area contributed by atoms with Gasteiger partial charge in [-0.25, -0.2) is 0 Å². The lowest BCUT2D eigenvalue weighted by atomic mass is 10.00. The van der Waals surface area contributed by atoms with Gasteiger partial charge in [-0.3, -0.25) is 4.79 Å². The molecule has 0 fully saturated rings. The second kappa shape index (κ2) is 3.42. The van der Waals surface area contributed by atoms with Crippen LogP contribution in [0, 0.1) is 0 Å². The number of carbonyl (C=O) groups excluding carboxylic acids is 1. The third-order valence-corrected chi connectivity index (χ3v) is 2.44. The van der Waals surface area contributed by atoms with Crippen LogP contribution in [0.25, 0.3) is 0 Å². The third kappa shape index (κ3) is 1.40. The van der Waals surface area contributed by atoms with E-state index >= 15 is 0 Å². The molecule has 1 unspecified atom stereocenters. The number of ketones is 1. The van der Waals surface area contributed by atoms with Crippen LogP contribution in [0.2, 0.25) is 0 Å². The summed E-state index contributed by atoms with van der Waals surface area (Å²) in [5.74, 6) is 0.816. The Balaban J connectivity index is 2.44. The van der Waals surface area contributed by atoms with E-state index in [2.05, 4.69) is 0 Å². The van der Waals surface area contributed by atoms with Gasteiger partial charge in [-0.1, -0.05) is 12.1 Å². The van der Waals surface area contributed by atoms with Crippen molar-refractivity contribution in [1.29, 1.82) is 0 Å². The zero-order chi connectivity index (χ0) is 10.1. The number of nitrogens with two attached hydrogens (primary N) is 1. The van der Waals surface area contributed by atoms with E-state index < -0.39 is 0 Å². The fourth-order valence-corrected chi connectivity index (χ4v) is 1.80. The predicted molar refractivity (Wildman–Crippen MR) is 53.6 cm³/mol. The Morgan fingerprint density at radius 3 is 3.14 bits per heavy atom. The minimum absolute atomic E-state index is 0.0143. The predicted octanol–water partition coefficient (Wildman–Crippen LogP) is 1.15. The van der Waals surface area contributed by atoms with Crippen LogP contribution >= 0.6 is 0 Å². The van der Waals surface area contributed by atoms with Crippen molar-refractivity contribution in [1.82, 2.24) is 0 Å². The number of fused-ring (bicyclic) bond motifs is 1. The Kier molecular flexibility index (Phi) is 2.25. The third-order valence-electron chi connectivity index (χ3n) is 2.44. The molecule has 3 heteroatoms. The number of benzene rings is 1. The number of Topliss-reactive ketones (excluding diaryl/α,β-unsaturated/α-hetero) is 1. The molecule has 1 aliphatic heterocycles. The van der Waals surface area contributed by atoms with Crippen LogP contribution in [0.4, 0.5) is 0 Å². The first kappa shape index (κ1) is 9.21. The topological polar surface area (TPSA) is 52.3 Å². The van der Waals surface area contributed by atoms with Crippen LogP contribution in [0.3, 0.4) is 0 Å². The zero-order valence-corrected chi connectivity index (χ0v) is 8.12. The lowest BCUT2D eigenvalue weighted by Crippen LogP contribution is -2.15. The van der Waals surface area contributed by atoms with Gasteiger partial charge in [0.05, 0.1) is 6.54 Å². The summed E-state index contributed by atoms with van der Waals surface area (Å²) in [7, 11) is 0. The van der Waals surface area contributed by atoms with Gasteiger partial charge >= 0.3 is 0 Å². The van der Waals surface area contributed by atoms with Crippen LogP contribution in [0.5, 0.6) is 5.75 Å². The summed E-state index contributed by atoms with van der Waals surface area (Å²) >= 11 is 0. The molecular formula is C11H13NO2. The van der Waals surface area contributed by atoms with Crippen molar-refractivity contribution in [2.45, 2.75) is 19.4 Å². The highest BCUT2D eigenvalue weighted by Gasteiger charge is 2.23. The second-order valence-electron chi connectivity index (χ2n) is 3.54. The lowest BCUT2D eigenvalue weighted by Gasteiger charge is -2.03. The summed E-state index contributed by atoms with van der Waals surface area (Å²) < 4.78 is 5.55. The Morgan fingerprint density at radius 1 is 1.64 bits per heavy atom. The zero-order valence-electron chi connectivity index (χ0n) is 8.12. The quantitative estimate of drug-likeness (QED) is 0.713. The molecule has 74 valence electrons. The highest BCUT2D eigenvalue weighted by Crippen LogP contribution is 2.31. The lowest BCUT2D eigenvalue weighted by molar-refractivity contribution is 0.100. The molecule has 0 amide bonds. The van der Waals surface area contributed by atoms with Gasteiger partial charge in [-0.2, -0.15) is 0 Å². The second-order valence-corrected chi connectivity index (χ2v) is 3.54. The molecule has 0 saturated carbocycles. The average molecular weight is 191 g/mol. The van der Waals surface area contributed by atoms with Gasteiger partial charge in [0.15, 0.2) is 5.78 Å². The van der Waals surface area contributed by atoms with Crippen molar-refractivity contribution >= 4 is 5.78 Å². The molecule has 2 N–H and O–H groups in total. The van der Waals surface area contributed by atoms with Gasteiger partial charge in [0.25, 0.3) is 0 Å². The minimum atomic E-state index is -0.0143. The summed E-state index contributed by atoms with van der Waals surface area (Å²) in [4.78, 5) is 11.5. The molecule has 0 radical (unpaired) electrons. The first-order chi connectivity index (χ1) is 6.72. The van der Waals surface area contributed by atoms with Crippen LogP contribution in [-0.4, -0.2) is 18.4 Å². The van der Waals surface area contributed by atoms with E-state index in [-0.39, 0.29) is 18.4 Å². The number of hydrogen-bond donors (Lipinski definition) is 1. The Labute approximate surface area is 82.9 Å². The van der Waals surface area contributed by atoms with Crippen molar-refractivity contribution < 1.29 is 9.53 Å².